The second-order valence-electron chi connectivity index (χ2n) is 4.22. The van der Waals surface area contributed by atoms with Crippen LogP contribution in [0.2, 0.25) is 5.02 Å². The minimum Gasteiger partial charge on any atom is -0.309 e. The molecule has 1 aromatic heterocycles. The number of benzene rings is 1. The van der Waals surface area contributed by atoms with Crippen molar-refractivity contribution in [2.24, 2.45) is 0 Å². The lowest BCUT2D eigenvalue weighted by molar-refractivity contribution is 0.617. The minimum absolute atomic E-state index is 0.176. The van der Waals surface area contributed by atoms with E-state index in [1.165, 1.54) is 23.7 Å². The molecule has 102 valence electrons. The Morgan fingerprint density at radius 3 is 2.95 bits per heavy atom. The first-order valence-electron chi connectivity index (χ1n) is 6.10. The molecular weight excluding hydrogens is 285 g/mol. The number of nitrogens with zero attached hydrogens (tertiary/aromatic N) is 2. The van der Waals surface area contributed by atoms with Crippen LogP contribution in [0.5, 0.6) is 0 Å². The van der Waals surface area contributed by atoms with Gasteiger partial charge >= 0.3 is 0 Å². The zero-order chi connectivity index (χ0) is 13.8. The molecule has 2 rings (SSSR count). The highest BCUT2D eigenvalue weighted by Gasteiger charge is 2.21. The molecule has 0 amide bonds. The summed E-state index contributed by atoms with van der Waals surface area (Å²) >= 11 is 7.50. The van der Waals surface area contributed by atoms with Crippen LogP contribution in [0, 0.1) is 5.82 Å². The maximum absolute atomic E-state index is 13.4. The molecule has 0 aliphatic heterocycles. The van der Waals surface area contributed by atoms with Gasteiger partial charge in [-0.2, -0.15) is 0 Å². The number of rotatable bonds is 5. The molecule has 0 aliphatic carbocycles. The molecule has 1 heterocycles. The maximum Gasteiger partial charge on any atom is 0.123 e. The van der Waals surface area contributed by atoms with Gasteiger partial charge in [0.15, 0.2) is 0 Å². The second-order valence-corrected chi connectivity index (χ2v) is 5.41. The Labute approximate surface area is 121 Å². The van der Waals surface area contributed by atoms with Crippen LogP contribution in [0.1, 0.15) is 35.5 Å². The van der Waals surface area contributed by atoms with Crippen molar-refractivity contribution in [3.8, 4) is 0 Å². The van der Waals surface area contributed by atoms with Gasteiger partial charge in [0.2, 0.25) is 0 Å². The summed E-state index contributed by atoms with van der Waals surface area (Å²) < 4.78 is 17.4. The molecule has 2 aromatic rings. The highest BCUT2D eigenvalue weighted by Crippen LogP contribution is 2.32. The third-order valence-corrected chi connectivity index (χ3v) is 4.07. The molecule has 0 fully saturated rings. The Bertz CT molecular complexity index is 559. The summed E-state index contributed by atoms with van der Waals surface area (Å²) in [5.41, 5.74) is 1.67. The van der Waals surface area contributed by atoms with E-state index in [0.29, 0.717) is 10.6 Å². The van der Waals surface area contributed by atoms with Crippen LogP contribution in [0.4, 0.5) is 4.39 Å². The summed E-state index contributed by atoms with van der Waals surface area (Å²) in [7, 11) is 1.82. The van der Waals surface area contributed by atoms with Gasteiger partial charge in [0.25, 0.3) is 0 Å². The van der Waals surface area contributed by atoms with Crippen molar-refractivity contribution in [1.82, 2.24) is 14.9 Å². The van der Waals surface area contributed by atoms with E-state index in [4.69, 9.17) is 11.6 Å². The highest BCUT2D eigenvalue weighted by molar-refractivity contribution is 7.05. The van der Waals surface area contributed by atoms with E-state index in [9.17, 15) is 4.39 Å². The zero-order valence-corrected chi connectivity index (χ0v) is 12.4. The third-order valence-electron chi connectivity index (χ3n) is 2.89. The Hall–Kier alpha value is -1.04. The Kier molecular flexibility index (Phi) is 4.85. The van der Waals surface area contributed by atoms with Gasteiger partial charge in [-0.15, -0.1) is 5.10 Å². The Morgan fingerprint density at radius 1 is 1.47 bits per heavy atom. The average Bonchev–Trinajstić information content (AvgIpc) is 2.83. The number of halogens is 2. The number of hydrogen-bond acceptors (Lipinski definition) is 4. The van der Waals surface area contributed by atoms with E-state index >= 15 is 0 Å². The minimum atomic E-state index is -0.297. The molecule has 0 spiro atoms. The largest absolute Gasteiger partial charge is 0.309 e. The van der Waals surface area contributed by atoms with Crippen LogP contribution in [0.25, 0.3) is 0 Å². The summed E-state index contributed by atoms with van der Waals surface area (Å²) in [6.45, 7) is 2.09. The Balaban J connectivity index is 2.44. The van der Waals surface area contributed by atoms with Crippen molar-refractivity contribution in [3.05, 3.63) is 45.2 Å². The molecule has 6 heteroatoms. The molecule has 1 N–H and O–H groups in total. The van der Waals surface area contributed by atoms with E-state index in [0.717, 1.165) is 23.4 Å². The fourth-order valence-electron chi connectivity index (χ4n) is 2.01. The van der Waals surface area contributed by atoms with Gasteiger partial charge in [-0.3, -0.25) is 0 Å². The van der Waals surface area contributed by atoms with Gasteiger partial charge in [-0.25, -0.2) is 4.39 Å². The molecule has 0 saturated carbocycles. The number of nitrogens with one attached hydrogen (secondary N) is 1. The lowest BCUT2D eigenvalue weighted by Gasteiger charge is -2.17. The van der Waals surface area contributed by atoms with E-state index in [-0.39, 0.29) is 11.9 Å². The number of aromatic nitrogens is 2. The molecular formula is C13H15ClFN3S. The van der Waals surface area contributed by atoms with Crippen molar-refractivity contribution < 1.29 is 4.39 Å². The lowest BCUT2D eigenvalue weighted by atomic mass is 10.0. The standard InChI is InChI=1S/C13H15ClFN3S/c1-3-4-11-13(19-18-17-11)12(16-2)9-7-8(15)5-6-10(9)14/h5-7,12,16H,3-4H2,1-2H3. The van der Waals surface area contributed by atoms with Gasteiger partial charge in [-0.1, -0.05) is 29.4 Å². The molecule has 19 heavy (non-hydrogen) atoms. The molecule has 3 nitrogen and oxygen atoms in total. The molecule has 1 atom stereocenters. The van der Waals surface area contributed by atoms with Gasteiger partial charge in [0.05, 0.1) is 16.6 Å². The van der Waals surface area contributed by atoms with Crippen LogP contribution >= 0.6 is 23.1 Å². The maximum atomic E-state index is 13.4. The molecule has 0 bridgehead atoms. The van der Waals surface area contributed by atoms with Gasteiger partial charge in [0, 0.05) is 5.02 Å². The van der Waals surface area contributed by atoms with E-state index < -0.39 is 0 Å². The van der Waals surface area contributed by atoms with E-state index in [1.54, 1.807) is 6.07 Å². The Morgan fingerprint density at radius 2 is 2.26 bits per heavy atom. The molecule has 1 aromatic carbocycles. The van der Waals surface area contributed by atoms with E-state index in [1.807, 2.05) is 7.05 Å². The first kappa shape index (κ1) is 14.4. The number of aryl methyl sites for hydroxylation is 1. The van der Waals surface area contributed by atoms with Gasteiger partial charge < -0.3 is 5.32 Å². The zero-order valence-electron chi connectivity index (χ0n) is 10.8. The number of hydrogen-bond donors (Lipinski definition) is 1. The normalized spacial score (nSPS) is 12.6. The van der Waals surface area contributed by atoms with Crippen molar-refractivity contribution >= 4 is 23.1 Å². The molecule has 1 unspecified atom stereocenters. The van der Waals surface area contributed by atoms with Gasteiger partial charge in [0.1, 0.15) is 5.82 Å². The summed E-state index contributed by atoms with van der Waals surface area (Å²) in [5, 5.41) is 7.85. The van der Waals surface area contributed by atoms with Crippen molar-refractivity contribution in [2.75, 3.05) is 7.05 Å². The fraction of sp³-hybridized carbons (Fsp3) is 0.385. The van der Waals surface area contributed by atoms with Crippen LogP contribution in [0.3, 0.4) is 0 Å². The van der Waals surface area contributed by atoms with Gasteiger partial charge in [-0.05, 0) is 48.8 Å². The first-order chi connectivity index (χ1) is 9.17. The monoisotopic (exact) mass is 299 g/mol. The molecule has 0 saturated heterocycles. The third kappa shape index (κ3) is 3.11. The van der Waals surface area contributed by atoms with Crippen LogP contribution in [0.15, 0.2) is 18.2 Å². The molecule has 0 aliphatic rings. The molecule has 0 radical (unpaired) electrons. The topological polar surface area (TPSA) is 37.8 Å². The highest BCUT2D eigenvalue weighted by atomic mass is 35.5. The van der Waals surface area contributed by atoms with Crippen molar-refractivity contribution in [1.29, 1.82) is 0 Å². The SMILES string of the molecule is CCCc1nnsc1C(NC)c1cc(F)ccc1Cl. The van der Waals surface area contributed by atoms with Crippen LogP contribution in [-0.2, 0) is 6.42 Å². The summed E-state index contributed by atoms with van der Waals surface area (Å²) in [6.07, 6.45) is 1.85. The second kappa shape index (κ2) is 6.41. The lowest BCUT2D eigenvalue weighted by Crippen LogP contribution is -2.18. The van der Waals surface area contributed by atoms with E-state index in [2.05, 4.69) is 21.8 Å². The van der Waals surface area contributed by atoms with Crippen molar-refractivity contribution in [2.45, 2.75) is 25.8 Å². The summed E-state index contributed by atoms with van der Waals surface area (Å²) in [4.78, 5) is 0.997. The summed E-state index contributed by atoms with van der Waals surface area (Å²) in [5.74, 6) is -0.297. The predicted octanol–water partition coefficient (Wildman–Crippen LogP) is 3.59. The predicted molar refractivity (Wildman–Crippen MR) is 76.2 cm³/mol. The van der Waals surface area contributed by atoms with Crippen LogP contribution < -0.4 is 5.32 Å². The average molecular weight is 300 g/mol. The quantitative estimate of drug-likeness (QED) is 0.917. The van der Waals surface area contributed by atoms with Crippen LogP contribution in [-0.4, -0.2) is 16.6 Å². The summed E-state index contributed by atoms with van der Waals surface area (Å²) in [6, 6.07) is 4.21. The van der Waals surface area contributed by atoms with Crippen molar-refractivity contribution in [3.63, 3.8) is 0 Å². The fourth-order valence-corrected chi connectivity index (χ4v) is 3.06. The smallest absolute Gasteiger partial charge is 0.123 e. The first-order valence-corrected chi connectivity index (χ1v) is 7.25.